The summed E-state index contributed by atoms with van der Waals surface area (Å²) in [6.45, 7) is 2.18. The second-order valence-corrected chi connectivity index (χ2v) is 4.10. The summed E-state index contributed by atoms with van der Waals surface area (Å²) in [5, 5.41) is 0. The third-order valence-corrected chi connectivity index (χ3v) is 2.70. The van der Waals surface area contributed by atoms with Crippen molar-refractivity contribution in [3.8, 4) is 5.75 Å². The third-order valence-electron chi connectivity index (χ3n) is 2.08. The summed E-state index contributed by atoms with van der Waals surface area (Å²) in [6.07, 6.45) is 3.42. The second kappa shape index (κ2) is 4.43. The number of benzene rings is 1. The zero-order chi connectivity index (χ0) is 9.80. The van der Waals surface area contributed by atoms with Crippen LogP contribution in [0, 0.1) is 0 Å². The summed E-state index contributed by atoms with van der Waals surface area (Å²) in [4.78, 5) is 0. The molecule has 4 heteroatoms. The fourth-order valence-corrected chi connectivity index (χ4v) is 1.80. The molecule has 0 aliphatic carbocycles. The van der Waals surface area contributed by atoms with Gasteiger partial charge in [0.25, 0.3) is 0 Å². The molecule has 0 saturated carbocycles. The second-order valence-electron chi connectivity index (χ2n) is 3.18. The van der Waals surface area contributed by atoms with Crippen molar-refractivity contribution in [2.24, 2.45) is 0 Å². The van der Waals surface area contributed by atoms with Gasteiger partial charge in [-0.1, -0.05) is 31.5 Å². The smallest absolute Gasteiger partial charge is 0.387 e. The molecule has 0 aliphatic heterocycles. The first-order valence-electron chi connectivity index (χ1n) is 4.81. The standard InChI is InChI=1S/C10H13O3P/c1-2-3-6-9-7-4-5-8-10(9)11-14-12-13-14/h4-5,7-8H,2-3,6H2,1H3. The van der Waals surface area contributed by atoms with E-state index in [-0.39, 0.29) is 0 Å². The molecule has 2 rings (SSSR count). The van der Waals surface area contributed by atoms with Gasteiger partial charge in [-0.3, -0.25) is 0 Å². The topological polar surface area (TPSA) is 35.5 Å². The SMILES string of the molecule is CCCCc1ccccc1Op1oo1. The minimum absolute atomic E-state index is 0.893. The van der Waals surface area contributed by atoms with E-state index in [0.717, 1.165) is 12.2 Å². The van der Waals surface area contributed by atoms with Gasteiger partial charge in [0.15, 0.2) is 0 Å². The predicted molar refractivity (Wildman–Crippen MR) is 54.8 cm³/mol. The summed E-state index contributed by atoms with van der Waals surface area (Å²) in [5.41, 5.74) is 1.23. The molecule has 0 atom stereocenters. The Morgan fingerprint density at radius 1 is 1.29 bits per heavy atom. The third kappa shape index (κ3) is 2.46. The molecule has 0 spiro atoms. The molecule has 0 N–H and O–H groups in total. The highest BCUT2D eigenvalue weighted by Crippen LogP contribution is 2.39. The van der Waals surface area contributed by atoms with Crippen molar-refractivity contribution in [1.29, 1.82) is 0 Å². The van der Waals surface area contributed by atoms with E-state index in [2.05, 4.69) is 21.7 Å². The van der Waals surface area contributed by atoms with Gasteiger partial charge in [0.2, 0.25) is 0 Å². The molecule has 1 aromatic heterocycles. The molecule has 0 radical (unpaired) electrons. The summed E-state index contributed by atoms with van der Waals surface area (Å²) >= 11 is 0. The lowest BCUT2D eigenvalue weighted by molar-refractivity contribution is 0.264. The minimum atomic E-state index is -1.06. The number of hydrogen-bond acceptors (Lipinski definition) is 3. The van der Waals surface area contributed by atoms with Gasteiger partial charge in [0, 0.05) is 0 Å². The summed E-state index contributed by atoms with van der Waals surface area (Å²) in [5.74, 6) is 0.893. The summed E-state index contributed by atoms with van der Waals surface area (Å²) in [6, 6.07) is 8.03. The molecular formula is C10H13O3P. The van der Waals surface area contributed by atoms with Crippen molar-refractivity contribution >= 4 is 8.24 Å². The monoisotopic (exact) mass is 212 g/mol. The van der Waals surface area contributed by atoms with Crippen molar-refractivity contribution in [2.75, 3.05) is 0 Å². The van der Waals surface area contributed by atoms with Gasteiger partial charge in [0.05, 0.1) is 0 Å². The Labute approximate surface area is 83.9 Å². The van der Waals surface area contributed by atoms with Gasteiger partial charge in [-0.15, -0.1) is 0 Å². The van der Waals surface area contributed by atoms with E-state index in [1.165, 1.54) is 18.4 Å². The number of aryl methyl sites for hydroxylation is 1. The van der Waals surface area contributed by atoms with Crippen LogP contribution < -0.4 is 4.52 Å². The molecule has 0 aliphatic rings. The molecule has 0 unspecified atom stereocenters. The van der Waals surface area contributed by atoms with Gasteiger partial charge in [-0.05, 0) is 24.5 Å². The van der Waals surface area contributed by atoms with Crippen LogP contribution in [-0.4, -0.2) is 0 Å². The average Bonchev–Trinajstić information content (AvgIpc) is 3.01. The predicted octanol–water partition coefficient (Wildman–Crippen LogP) is 4.04. The maximum atomic E-state index is 5.47. The van der Waals surface area contributed by atoms with E-state index in [9.17, 15) is 0 Å². The van der Waals surface area contributed by atoms with Crippen molar-refractivity contribution in [3.05, 3.63) is 29.8 Å². The molecular weight excluding hydrogens is 199 g/mol. The minimum Gasteiger partial charge on any atom is -0.387 e. The highest BCUT2D eigenvalue weighted by Gasteiger charge is 2.12. The molecule has 2 aromatic rings. The van der Waals surface area contributed by atoms with Crippen molar-refractivity contribution in [1.82, 2.24) is 0 Å². The lowest BCUT2D eigenvalue weighted by Crippen LogP contribution is -1.88. The van der Waals surface area contributed by atoms with Crippen LogP contribution in [0.5, 0.6) is 5.75 Å². The van der Waals surface area contributed by atoms with Crippen LogP contribution in [-0.2, 0) is 6.42 Å². The molecule has 0 saturated heterocycles. The normalized spacial score (nSPS) is 10.6. The quantitative estimate of drug-likeness (QED) is 0.701. The van der Waals surface area contributed by atoms with E-state index in [1.807, 2.05) is 18.2 Å². The highest BCUT2D eigenvalue weighted by molar-refractivity contribution is 7.34. The lowest BCUT2D eigenvalue weighted by Gasteiger charge is -2.04. The largest absolute Gasteiger partial charge is 0.529 e. The molecule has 14 heavy (non-hydrogen) atoms. The Morgan fingerprint density at radius 3 is 2.79 bits per heavy atom. The first kappa shape index (κ1) is 9.47. The Balaban J connectivity index is 2.08. The zero-order valence-electron chi connectivity index (χ0n) is 8.10. The van der Waals surface area contributed by atoms with Gasteiger partial charge in [-0.25, -0.2) is 0 Å². The first-order chi connectivity index (χ1) is 6.90. The molecule has 0 fully saturated rings. The number of unbranched alkanes of at least 4 members (excludes halogenated alkanes) is 1. The van der Waals surface area contributed by atoms with Crippen LogP contribution in [0.1, 0.15) is 25.3 Å². The Morgan fingerprint density at radius 2 is 2.07 bits per heavy atom. The van der Waals surface area contributed by atoms with E-state index < -0.39 is 8.24 Å². The van der Waals surface area contributed by atoms with Crippen LogP contribution in [0.3, 0.4) is 0 Å². The van der Waals surface area contributed by atoms with Crippen molar-refractivity contribution < 1.29 is 13.2 Å². The maximum absolute atomic E-state index is 5.47. The molecule has 1 heterocycles. The van der Waals surface area contributed by atoms with E-state index in [1.54, 1.807) is 0 Å². The van der Waals surface area contributed by atoms with Gasteiger partial charge >= 0.3 is 8.24 Å². The Bertz CT molecular complexity index is 363. The summed E-state index contributed by atoms with van der Waals surface area (Å²) < 4.78 is 14.7. The van der Waals surface area contributed by atoms with Crippen LogP contribution in [0.15, 0.2) is 33.0 Å². The van der Waals surface area contributed by atoms with Gasteiger partial charge in [0.1, 0.15) is 5.75 Å². The van der Waals surface area contributed by atoms with Crippen LogP contribution in [0.25, 0.3) is 0 Å². The fourth-order valence-electron chi connectivity index (χ4n) is 1.29. The average molecular weight is 212 g/mol. The summed E-state index contributed by atoms with van der Waals surface area (Å²) in [7, 11) is -1.06. The molecule has 0 amide bonds. The number of rotatable bonds is 5. The lowest BCUT2D eigenvalue weighted by atomic mass is 10.1. The number of hydrogen-bond donors (Lipinski definition) is 0. The molecule has 76 valence electrons. The fraction of sp³-hybridized carbons (Fsp3) is 0.400. The van der Waals surface area contributed by atoms with E-state index in [4.69, 9.17) is 4.52 Å². The van der Waals surface area contributed by atoms with Crippen LogP contribution in [0.4, 0.5) is 0 Å². The Hall–Kier alpha value is -1.08. The molecule has 3 nitrogen and oxygen atoms in total. The van der Waals surface area contributed by atoms with Gasteiger partial charge < -0.3 is 4.52 Å². The van der Waals surface area contributed by atoms with Crippen molar-refractivity contribution in [2.45, 2.75) is 26.2 Å². The number of para-hydroxylation sites is 1. The zero-order valence-corrected chi connectivity index (χ0v) is 9.00. The Kier molecular flexibility index (Phi) is 3.00. The molecule has 1 aromatic carbocycles. The first-order valence-corrected chi connectivity index (χ1v) is 5.90. The highest BCUT2D eigenvalue weighted by atomic mass is 31.1. The van der Waals surface area contributed by atoms with Gasteiger partial charge in [-0.2, -0.15) is 8.71 Å². The van der Waals surface area contributed by atoms with Crippen LogP contribution in [0.2, 0.25) is 0 Å². The van der Waals surface area contributed by atoms with E-state index in [0.29, 0.717) is 0 Å². The van der Waals surface area contributed by atoms with Crippen LogP contribution >= 0.6 is 8.24 Å². The maximum Gasteiger partial charge on any atom is 0.529 e. The van der Waals surface area contributed by atoms with E-state index >= 15 is 0 Å². The van der Waals surface area contributed by atoms with Crippen molar-refractivity contribution in [3.63, 3.8) is 0 Å². The molecule has 0 bridgehead atoms.